The van der Waals surface area contributed by atoms with Crippen LogP contribution in [0.1, 0.15) is 0 Å². The second kappa shape index (κ2) is 9.25. The summed E-state index contributed by atoms with van der Waals surface area (Å²) in [5.74, 6) is 1.82. The molecule has 0 aliphatic heterocycles. The Morgan fingerprint density at radius 1 is 0.474 bits per heavy atom. The quantitative estimate of drug-likeness (QED) is 0.237. The predicted octanol–water partition coefficient (Wildman–Crippen LogP) is 9.09. The minimum atomic E-state index is 0.587. The van der Waals surface area contributed by atoms with Crippen molar-refractivity contribution >= 4 is 33.5 Å². The van der Waals surface area contributed by atoms with Crippen molar-refractivity contribution in [1.29, 1.82) is 0 Å². The summed E-state index contributed by atoms with van der Waals surface area (Å²) in [4.78, 5) is 14.8. The van der Waals surface area contributed by atoms with Gasteiger partial charge in [0, 0.05) is 38.6 Å². The molecule has 0 atom stereocenters. The van der Waals surface area contributed by atoms with Crippen LogP contribution in [0.15, 0.2) is 126 Å². The van der Waals surface area contributed by atoms with Crippen molar-refractivity contribution in [2.45, 2.75) is 0 Å². The predicted molar refractivity (Wildman–Crippen MR) is 154 cm³/mol. The zero-order chi connectivity index (χ0) is 25.5. The third-order valence-corrected chi connectivity index (χ3v) is 6.85. The van der Waals surface area contributed by atoms with E-state index in [9.17, 15) is 0 Å². The van der Waals surface area contributed by atoms with Crippen molar-refractivity contribution in [1.82, 2.24) is 15.0 Å². The van der Waals surface area contributed by atoms with E-state index in [1.807, 2.05) is 84.9 Å². The van der Waals surface area contributed by atoms with Gasteiger partial charge in [-0.05, 0) is 29.3 Å². The van der Waals surface area contributed by atoms with Gasteiger partial charge in [0.1, 0.15) is 11.2 Å². The summed E-state index contributed by atoms with van der Waals surface area (Å²) in [7, 11) is 0. The lowest BCUT2D eigenvalue weighted by Gasteiger charge is -2.10. The summed E-state index contributed by atoms with van der Waals surface area (Å²) in [5, 5.41) is 2.55. The molecule has 0 radical (unpaired) electrons. The van der Waals surface area contributed by atoms with Gasteiger partial charge in [0.05, 0.1) is 0 Å². The fraction of sp³-hybridized carbons (Fsp3) is 0. The molecule has 0 bridgehead atoms. The van der Waals surface area contributed by atoms with E-state index in [0.29, 0.717) is 22.5 Å². The zero-order valence-electron chi connectivity index (χ0n) is 20.2. The van der Waals surface area contributed by atoms with Gasteiger partial charge in [-0.2, -0.15) is 0 Å². The smallest absolute Gasteiger partial charge is 0.164 e. The maximum absolute atomic E-state index is 6.24. The van der Waals surface area contributed by atoms with Gasteiger partial charge in [-0.15, -0.1) is 0 Å². The fourth-order valence-electron chi connectivity index (χ4n) is 4.77. The summed E-state index contributed by atoms with van der Waals surface area (Å²) >= 11 is 6.24. The van der Waals surface area contributed by atoms with E-state index in [1.54, 1.807) is 0 Å². The molecule has 180 valence electrons. The van der Waals surface area contributed by atoms with E-state index in [-0.39, 0.29) is 0 Å². The lowest BCUT2D eigenvalue weighted by molar-refractivity contribution is 0.669. The molecule has 0 aliphatic carbocycles. The topological polar surface area (TPSA) is 51.8 Å². The Kier molecular flexibility index (Phi) is 5.46. The summed E-state index contributed by atoms with van der Waals surface area (Å²) in [6.45, 7) is 0. The van der Waals surface area contributed by atoms with Crippen LogP contribution in [0.2, 0.25) is 5.02 Å². The van der Waals surface area contributed by atoms with Crippen molar-refractivity contribution < 1.29 is 4.42 Å². The molecule has 0 aliphatic rings. The van der Waals surface area contributed by atoms with Gasteiger partial charge in [0.25, 0.3) is 0 Å². The zero-order valence-corrected chi connectivity index (χ0v) is 20.9. The Balaban J connectivity index is 1.43. The van der Waals surface area contributed by atoms with E-state index >= 15 is 0 Å². The minimum absolute atomic E-state index is 0.587. The number of halogens is 1. The lowest BCUT2D eigenvalue weighted by atomic mass is 10.0. The molecule has 0 fully saturated rings. The highest BCUT2D eigenvalue weighted by Crippen LogP contribution is 2.37. The first-order chi connectivity index (χ1) is 18.7. The first-order valence-electron chi connectivity index (χ1n) is 12.3. The Morgan fingerprint density at radius 2 is 1.05 bits per heavy atom. The van der Waals surface area contributed by atoms with E-state index in [1.165, 1.54) is 5.56 Å². The van der Waals surface area contributed by atoms with Gasteiger partial charge in [-0.25, -0.2) is 15.0 Å². The van der Waals surface area contributed by atoms with Crippen molar-refractivity contribution in [3.8, 4) is 45.3 Å². The molecule has 38 heavy (non-hydrogen) atoms. The van der Waals surface area contributed by atoms with Crippen LogP contribution in [0.4, 0.5) is 0 Å². The molecule has 5 aromatic carbocycles. The maximum atomic E-state index is 6.24. The molecule has 2 heterocycles. The highest BCUT2D eigenvalue weighted by atomic mass is 35.5. The molecule has 5 heteroatoms. The van der Waals surface area contributed by atoms with Crippen molar-refractivity contribution in [2.75, 3.05) is 0 Å². The lowest BCUT2D eigenvalue weighted by Crippen LogP contribution is -2.00. The summed E-state index contributed by atoms with van der Waals surface area (Å²) in [5.41, 5.74) is 6.52. The van der Waals surface area contributed by atoms with Gasteiger partial charge in [-0.1, -0.05) is 109 Å². The Hall–Kier alpha value is -4.80. The van der Waals surface area contributed by atoms with E-state index in [0.717, 1.165) is 44.2 Å². The number of hydrogen-bond donors (Lipinski definition) is 0. The van der Waals surface area contributed by atoms with Crippen LogP contribution in [0, 0.1) is 0 Å². The summed E-state index contributed by atoms with van der Waals surface area (Å²) in [6, 6.07) is 40.3. The molecule has 0 amide bonds. The maximum Gasteiger partial charge on any atom is 0.164 e. The third-order valence-electron chi connectivity index (χ3n) is 6.62. The molecule has 0 saturated carbocycles. The highest BCUT2D eigenvalue weighted by molar-refractivity contribution is 6.31. The van der Waals surface area contributed by atoms with Gasteiger partial charge in [0.15, 0.2) is 17.5 Å². The number of hydrogen-bond acceptors (Lipinski definition) is 4. The molecule has 0 saturated heterocycles. The average molecular weight is 510 g/mol. The van der Waals surface area contributed by atoms with Crippen LogP contribution in [-0.2, 0) is 0 Å². The first kappa shape index (κ1) is 22.4. The molecule has 0 spiro atoms. The van der Waals surface area contributed by atoms with Crippen LogP contribution < -0.4 is 0 Å². The normalized spacial score (nSPS) is 11.3. The monoisotopic (exact) mass is 509 g/mol. The molecule has 7 rings (SSSR count). The number of aromatic nitrogens is 3. The number of nitrogens with zero attached hydrogens (tertiary/aromatic N) is 3. The fourth-order valence-corrected chi connectivity index (χ4v) is 4.93. The van der Waals surface area contributed by atoms with Crippen LogP contribution in [0.5, 0.6) is 0 Å². The largest absolute Gasteiger partial charge is 0.456 e. The SMILES string of the molecule is Clc1ccc2c(c1)oc1cccc(-c3nc(-c4ccccc4)nc(-c4ccc(-c5ccccc5)cc4)n3)c12. The third kappa shape index (κ3) is 4.01. The average Bonchev–Trinajstić information content (AvgIpc) is 3.35. The number of fused-ring (bicyclic) bond motifs is 3. The minimum Gasteiger partial charge on any atom is -0.456 e. The second-order valence-electron chi connectivity index (χ2n) is 9.04. The number of furan rings is 1. The van der Waals surface area contributed by atoms with E-state index < -0.39 is 0 Å². The molecule has 7 aromatic rings. The molecule has 0 N–H and O–H groups in total. The van der Waals surface area contributed by atoms with Crippen molar-refractivity contribution in [3.63, 3.8) is 0 Å². The standard InChI is InChI=1S/C33H20ClN3O/c34-25-18-19-26-29(20-25)38-28-13-7-12-27(30(26)28)33-36-31(23-10-5-2-6-11-23)35-32(37-33)24-16-14-22(15-17-24)21-8-3-1-4-9-21/h1-20H. The van der Waals surface area contributed by atoms with Crippen molar-refractivity contribution in [3.05, 3.63) is 126 Å². The van der Waals surface area contributed by atoms with E-state index in [4.69, 9.17) is 31.0 Å². The second-order valence-corrected chi connectivity index (χ2v) is 9.47. The van der Waals surface area contributed by atoms with Crippen molar-refractivity contribution in [2.24, 2.45) is 0 Å². The summed E-state index contributed by atoms with van der Waals surface area (Å²) in [6.07, 6.45) is 0. The molecular formula is C33H20ClN3O. The van der Waals surface area contributed by atoms with E-state index in [2.05, 4.69) is 36.4 Å². The molecule has 4 nitrogen and oxygen atoms in total. The Labute approximate surface area is 224 Å². The van der Waals surface area contributed by atoms with Gasteiger partial charge in [0.2, 0.25) is 0 Å². The molecular weight excluding hydrogens is 490 g/mol. The first-order valence-corrected chi connectivity index (χ1v) is 12.7. The van der Waals surface area contributed by atoms with Crippen LogP contribution in [0.25, 0.3) is 67.2 Å². The molecule has 0 unspecified atom stereocenters. The summed E-state index contributed by atoms with van der Waals surface area (Å²) < 4.78 is 6.12. The van der Waals surface area contributed by atoms with Gasteiger partial charge >= 0.3 is 0 Å². The van der Waals surface area contributed by atoms with Crippen LogP contribution in [0.3, 0.4) is 0 Å². The molecule has 2 aromatic heterocycles. The van der Waals surface area contributed by atoms with Gasteiger partial charge in [-0.3, -0.25) is 0 Å². The highest BCUT2D eigenvalue weighted by Gasteiger charge is 2.18. The Bertz CT molecular complexity index is 1910. The van der Waals surface area contributed by atoms with Crippen LogP contribution in [-0.4, -0.2) is 15.0 Å². The van der Waals surface area contributed by atoms with Gasteiger partial charge < -0.3 is 4.42 Å². The Morgan fingerprint density at radius 3 is 1.76 bits per heavy atom. The number of rotatable bonds is 4. The van der Waals surface area contributed by atoms with Crippen LogP contribution >= 0.6 is 11.6 Å². The number of benzene rings is 5.